The molecule has 0 heterocycles. The van der Waals surface area contributed by atoms with Gasteiger partial charge in [0.05, 0.1) is 0 Å². The Morgan fingerprint density at radius 3 is 2.58 bits per heavy atom. The molecule has 2 nitrogen and oxygen atoms in total. The molecular formula is C7H5F3O2. The molecule has 0 aromatic heterocycles. The Morgan fingerprint density at radius 2 is 2.08 bits per heavy atom. The molecule has 0 unspecified atom stereocenters. The van der Waals surface area contributed by atoms with E-state index in [0.29, 0.717) is 0 Å². The minimum Gasteiger partial charge on any atom is -0.402 e. The number of carbonyl (C=O) groups is 1. The number of rotatable bonds is 1. The average molecular weight is 178 g/mol. The van der Waals surface area contributed by atoms with Crippen molar-refractivity contribution in [1.82, 2.24) is 0 Å². The summed E-state index contributed by atoms with van der Waals surface area (Å²) < 4.78 is 38.2. The number of ether oxygens (including phenoxy) is 1. The van der Waals surface area contributed by atoms with Gasteiger partial charge in [-0.15, -0.1) is 13.2 Å². The summed E-state index contributed by atoms with van der Waals surface area (Å²) in [6.07, 6.45) is -1.01. The predicted octanol–water partition coefficient (Wildman–Crippen LogP) is 1.94. The normalized spacial score (nSPS) is 17.6. The molecular weight excluding hydrogens is 173 g/mol. The van der Waals surface area contributed by atoms with Gasteiger partial charge in [-0.3, -0.25) is 4.79 Å². The Morgan fingerprint density at radius 1 is 1.42 bits per heavy atom. The van der Waals surface area contributed by atoms with Crippen LogP contribution in [0.4, 0.5) is 13.2 Å². The third-order valence-corrected chi connectivity index (χ3v) is 1.19. The number of Topliss-reactive ketones (excluding diaryl/α,β-unsaturated/α-hetero) is 1. The molecule has 0 saturated carbocycles. The van der Waals surface area contributed by atoms with Gasteiger partial charge in [0.2, 0.25) is 5.78 Å². The zero-order chi connectivity index (χ0) is 9.19. The molecule has 5 heteroatoms. The zero-order valence-corrected chi connectivity index (χ0v) is 5.89. The van der Waals surface area contributed by atoms with E-state index in [1.807, 2.05) is 0 Å². The van der Waals surface area contributed by atoms with Crippen molar-refractivity contribution in [2.45, 2.75) is 12.8 Å². The highest BCUT2D eigenvalue weighted by molar-refractivity contribution is 5.95. The Balaban J connectivity index is 2.68. The minimum absolute atomic E-state index is 0.0398. The second-order valence-corrected chi connectivity index (χ2v) is 2.13. The molecule has 0 saturated heterocycles. The van der Waals surface area contributed by atoms with Crippen molar-refractivity contribution in [1.29, 1.82) is 0 Å². The molecule has 1 aliphatic rings. The first-order valence-electron chi connectivity index (χ1n) is 3.15. The number of alkyl halides is 3. The summed E-state index contributed by atoms with van der Waals surface area (Å²) in [5, 5.41) is 0. The molecule has 66 valence electrons. The predicted molar refractivity (Wildman–Crippen MR) is 34.0 cm³/mol. The first kappa shape index (κ1) is 8.83. The molecule has 0 atom stereocenters. The van der Waals surface area contributed by atoms with Gasteiger partial charge in [-0.2, -0.15) is 0 Å². The lowest BCUT2D eigenvalue weighted by molar-refractivity contribution is -0.304. The summed E-state index contributed by atoms with van der Waals surface area (Å²) in [5.41, 5.74) is 0. The van der Waals surface area contributed by atoms with Crippen molar-refractivity contribution in [3.05, 3.63) is 24.0 Å². The highest BCUT2D eigenvalue weighted by Gasteiger charge is 2.34. The molecule has 0 aromatic rings. The van der Waals surface area contributed by atoms with Crippen LogP contribution in [-0.2, 0) is 9.53 Å². The standard InChI is InChI=1S/C7H5F3O2/c8-7(9,10)12-6-4-2-1-3-5(6)11/h1-2,4H,3H2. The van der Waals surface area contributed by atoms with E-state index in [0.717, 1.165) is 6.08 Å². The van der Waals surface area contributed by atoms with Crippen molar-refractivity contribution in [3.8, 4) is 0 Å². The Kier molecular flexibility index (Phi) is 2.21. The molecule has 0 N–H and O–H groups in total. The maximum atomic E-state index is 11.6. The second-order valence-electron chi connectivity index (χ2n) is 2.13. The average Bonchev–Trinajstić information content (AvgIpc) is 1.91. The fourth-order valence-corrected chi connectivity index (χ4v) is 0.740. The SMILES string of the molecule is O=C1CC=CC=C1OC(F)(F)F. The molecule has 0 radical (unpaired) electrons. The van der Waals surface area contributed by atoms with Gasteiger partial charge in [0, 0.05) is 6.42 Å². The van der Waals surface area contributed by atoms with Gasteiger partial charge in [0.25, 0.3) is 0 Å². The highest BCUT2D eigenvalue weighted by Crippen LogP contribution is 2.23. The zero-order valence-electron chi connectivity index (χ0n) is 5.89. The van der Waals surface area contributed by atoms with Crippen LogP contribution in [0.15, 0.2) is 24.0 Å². The van der Waals surface area contributed by atoms with Gasteiger partial charge in [-0.25, -0.2) is 0 Å². The van der Waals surface area contributed by atoms with E-state index in [4.69, 9.17) is 0 Å². The number of hydrogen-bond acceptors (Lipinski definition) is 2. The molecule has 12 heavy (non-hydrogen) atoms. The number of ketones is 1. The second kappa shape index (κ2) is 3.00. The summed E-state index contributed by atoms with van der Waals surface area (Å²) in [7, 11) is 0. The Hall–Kier alpha value is -1.26. The van der Waals surface area contributed by atoms with Crippen LogP contribution in [0.3, 0.4) is 0 Å². The van der Waals surface area contributed by atoms with Gasteiger partial charge < -0.3 is 4.74 Å². The van der Waals surface area contributed by atoms with Crippen LogP contribution < -0.4 is 0 Å². The summed E-state index contributed by atoms with van der Waals surface area (Å²) in [4.78, 5) is 10.7. The summed E-state index contributed by atoms with van der Waals surface area (Å²) >= 11 is 0. The van der Waals surface area contributed by atoms with E-state index in [2.05, 4.69) is 4.74 Å². The fraction of sp³-hybridized carbons (Fsp3) is 0.286. The van der Waals surface area contributed by atoms with Gasteiger partial charge in [-0.1, -0.05) is 12.2 Å². The van der Waals surface area contributed by atoms with E-state index in [1.54, 1.807) is 0 Å². The molecule has 0 fully saturated rings. The van der Waals surface area contributed by atoms with Crippen molar-refractivity contribution in [3.63, 3.8) is 0 Å². The van der Waals surface area contributed by atoms with E-state index in [9.17, 15) is 18.0 Å². The number of hydrogen-bond donors (Lipinski definition) is 0. The lowest BCUT2D eigenvalue weighted by atomic mass is 10.1. The van der Waals surface area contributed by atoms with E-state index < -0.39 is 17.9 Å². The maximum Gasteiger partial charge on any atom is 0.573 e. The van der Waals surface area contributed by atoms with E-state index in [-0.39, 0.29) is 6.42 Å². The van der Waals surface area contributed by atoms with E-state index >= 15 is 0 Å². The van der Waals surface area contributed by atoms with Crippen LogP contribution in [0.5, 0.6) is 0 Å². The van der Waals surface area contributed by atoms with Gasteiger partial charge >= 0.3 is 6.36 Å². The molecule has 0 aliphatic heterocycles. The summed E-state index contributed by atoms with van der Waals surface area (Å²) in [6.45, 7) is 0. The van der Waals surface area contributed by atoms with Gasteiger partial charge in [-0.05, 0) is 6.08 Å². The van der Waals surface area contributed by atoms with Crippen LogP contribution in [0.1, 0.15) is 6.42 Å². The van der Waals surface area contributed by atoms with Crippen molar-refractivity contribution < 1.29 is 22.7 Å². The largest absolute Gasteiger partial charge is 0.573 e. The number of halogens is 3. The van der Waals surface area contributed by atoms with Crippen molar-refractivity contribution >= 4 is 5.78 Å². The molecule has 0 spiro atoms. The number of allylic oxidation sites excluding steroid dienone is 4. The third-order valence-electron chi connectivity index (χ3n) is 1.19. The van der Waals surface area contributed by atoms with Crippen LogP contribution in [-0.4, -0.2) is 12.1 Å². The lowest BCUT2D eigenvalue weighted by Crippen LogP contribution is -2.18. The minimum atomic E-state index is -4.79. The van der Waals surface area contributed by atoms with Gasteiger partial charge in [0.15, 0.2) is 5.76 Å². The number of carbonyl (C=O) groups excluding carboxylic acids is 1. The van der Waals surface area contributed by atoms with Crippen LogP contribution in [0.25, 0.3) is 0 Å². The van der Waals surface area contributed by atoms with Crippen LogP contribution in [0, 0.1) is 0 Å². The summed E-state index contributed by atoms with van der Waals surface area (Å²) in [6, 6.07) is 0. The molecule has 0 amide bonds. The topological polar surface area (TPSA) is 26.3 Å². The Labute approximate surface area is 66.3 Å². The highest BCUT2D eigenvalue weighted by atomic mass is 19.4. The van der Waals surface area contributed by atoms with Crippen LogP contribution in [0.2, 0.25) is 0 Å². The quantitative estimate of drug-likeness (QED) is 0.613. The molecule has 1 rings (SSSR count). The lowest BCUT2D eigenvalue weighted by Gasteiger charge is -2.11. The molecule has 1 aliphatic carbocycles. The van der Waals surface area contributed by atoms with Crippen molar-refractivity contribution in [2.75, 3.05) is 0 Å². The summed E-state index contributed by atoms with van der Waals surface area (Å²) in [5.74, 6) is -1.31. The maximum absolute atomic E-state index is 11.6. The monoisotopic (exact) mass is 178 g/mol. The molecule has 0 aromatic carbocycles. The third kappa shape index (κ3) is 2.41. The Bertz CT molecular complexity index is 250. The first-order chi connectivity index (χ1) is 5.49. The van der Waals surface area contributed by atoms with E-state index in [1.165, 1.54) is 12.2 Å². The smallest absolute Gasteiger partial charge is 0.402 e. The van der Waals surface area contributed by atoms with Gasteiger partial charge in [0.1, 0.15) is 0 Å². The van der Waals surface area contributed by atoms with Crippen molar-refractivity contribution in [2.24, 2.45) is 0 Å². The van der Waals surface area contributed by atoms with Crippen LogP contribution >= 0.6 is 0 Å². The first-order valence-corrected chi connectivity index (χ1v) is 3.15. The molecule has 0 bridgehead atoms. The fourth-order valence-electron chi connectivity index (χ4n) is 0.740.